The fourth-order valence-electron chi connectivity index (χ4n) is 1.79. The summed E-state index contributed by atoms with van der Waals surface area (Å²) in [7, 11) is 0. The summed E-state index contributed by atoms with van der Waals surface area (Å²) < 4.78 is 0. The van der Waals surface area contributed by atoms with Crippen LogP contribution in [0.3, 0.4) is 0 Å². The largest absolute Gasteiger partial charge is 0.0876 e. The topological polar surface area (TPSA) is 0 Å². The van der Waals surface area contributed by atoms with Crippen LogP contribution in [-0.2, 0) is 0 Å². The molecule has 0 spiro atoms. The first-order valence-corrected chi connectivity index (χ1v) is 5.85. The Morgan fingerprint density at radius 1 is 0.765 bits per heavy atom. The zero-order valence-corrected chi connectivity index (χ0v) is 10.0. The van der Waals surface area contributed by atoms with E-state index in [-0.39, 0.29) is 0 Å². The minimum Gasteiger partial charge on any atom is -0.0876 e. The van der Waals surface area contributed by atoms with Gasteiger partial charge in [0.15, 0.2) is 0 Å². The molecule has 0 aliphatic carbocycles. The fraction of sp³-hybridized carbons (Fsp3) is 0.0588. The summed E-state index contributed by atoms with van der Waals surface area (Å²) in [4.78, 5) is 0. The van der Waals surface area contributed by atoms with Crippen molar-refractivity contribution >= 4 is 5.57 Å². The van der Waals surface area contributed by atoms with E-state index in [2.05, 4.69) is 60.7 Å². The molecular formula is C17H16. The van der Waals surface area contributed by atoms with Crippen molar-refractivity contribution in [3.63, 3.8) is 0 Å². The zero-order valence-electron chi connectivity index (χ0n) is 10.0. The molecule has 0 aliphatic heterocycles. The molecule has 0 nitrogen and oxygen atoms in total. The predicted octanol–water partition coefficient (Wildman–Crippen LogP) is 4.69. The van der Waals surface area contributed by atoms with Crippen molar-refractivity contribution in [2.75, 3.05) is 0 Å². The number of hydrogen-bond donors (Lipinski definition) is 0. The molecule has 0 radical (unpaired) electrons. The van der Waals surface area contributed by atoms with Crippen molar-refractivity contribution in [2.24, 2.45) is 0 Å². The van der Waals surface area contributed by atoms with Gasteiger partial charge in [0.25, 0.3) is 0 Å². The molecule has 0 unspecified atom stereocenters. The van der Waals surface area contributed by atoms with Crippen LogP contribution in [0.15, 0.2) is 78.9 Å². The maximum atomic E-state index is 2.16. The minimum atomic E-state index is 1.25. The summed E-state index contributed by atoms with van der Waals surface area (Å²) in [6, 6.07) is 20.9. The van der Waals surface area contributed by atoms with Crippen molar-refractivity contribution in [3.8, 4) is 0 Å². The minimum absolute atomic E-state index is 1.25. The SMILES string of the molecule is CC=CC=C(c1ccccc1)c1ccccc1. The molecular weight excluding hydrogens is 204 g/mol. The maximum Gasteiger partial charge on any atom is -0.0112 e. The standard InChI is InChI=1S/C17H16/c1-2-3-14-17(15-10-6-4-7-11-15)16-12-8-5-9-13-16/h2-14H,1H3. The van der Waals surface area contributed by atoms with Gasteiger partial charge in [-0.25, -0.2) is 0 Å². The number of rotatable bonds is 3. The Morgan fingerprint density at radius 3 is 1.65 bits per heavy atom. The molecule has 0 bridgehead atoms. The van der Waals surface area contributed by atoms with Gasteiger partial charge < -0.3 is 0 Å². The second-order valence-electron chi connectivity index (χ2n) is 3.84. The summed E-state index contributed by atoms with van der Waals surface area (Å²) in [6.45, 7) is 2.03. The van der Waals surface area contributed by atoms with E-state index in [0.717, 1.165) is 0 Å². The Bertz CT molecular complexity index is 463. The van der Waals surface area contributed by atoms with E-state index in [1.165, 1.54) is 16.7 Å². The van der Waals surface area contributed by atoms with Crippen molar-refractivity contribution < 1.29 is 0 Å². The van der Waals surface area contributed by atoms with Crippen LogP contribution in [0.25, 0.3) is 5.57 Å². The maximum absolute atomic E-state index is 2.16. The van der Waals surface area contributed by atoms with Gasteiger partial charge in [-0.2, -0.15) is 0 Å². The summed E-state index contributed by atoms with van der Waals surface area (Å²) in [5.41, 5.74) is 3.75. The highest BCUT2D eigenvalue weighted by Crippen LogP contribution is 2.22. The van der Waals surface area contributed by atoms with Gasteiger partial charge >= 0.3 is 0 Å². The normalized spacial score (nSPS) is 10.4. The lowest BCUT2D eigenvalue weighted by Gasteiger charge is -2.07. The highest BCUT2D eigenvalue weighted by Gasteiger charge is 2.02. The first kappa shape index (κ1) is 11.4. The Kier molecular flexibility index (Phi) is 3.93. The van der Waals surface area contributed by atoms with E-state index in [4.69, 9.17) is 0 Å². The van der Waals surface area contributed by atoms with Crippen LogP contribution >= 0.6 is 0 Å². The molecule has 0 N–H and O–H groups in total. The first-order valence-electron chi connectivity index (χ1n) is 5.85. The van der Waals surface area contributed by atoms with Gasteiger partial charge in [-0.05, 0) is 23.6 Å². The Morgan fingerprint density at radius 2 is 1.24 bits per heavy atom. The molecule has 0 atom stereocenters. The van der Waals surface area contributed by atoms with Crippen LogP contribution in [0.5, 0.6) is 0 Å². The summed E-state index contributed by atoms with van der Waals surface area (Å²) in [6.07, 6.45) is 6.28. The Hall–Kier alpha value is -2.08. The van der Waals surface area contributed by atoms with E-state index in [9.17, 15) is 0 Å². The molecule has 0 fully saturated rings. The molecule has 17 heavy (non-hydrogen) atoms. The van der Waals surface area contributed by atoms with Gasteiger partial charge in [0.05, 0.1) is 0 Å². The lowest BCUT2D eigenvalue weighted by molar-refractivity contribution is 1.54. The average Bonchev–Trinajstić information content (AvgIpc) is 2.42. The van der Waals surface area contributed by atoms with E-state index in [1.54, 1.807) is 0 Å². The molecule has 2 aromatic carbocycles. The quantitative estimate of drug-likeness (QED) is 0.658. The van der Waals surface area contributed by atoms with E-state index in [1.807, 2.05) is 25.1 Å². The molecule has 2 aromatic rings. The molecule has 0 aliphatic rings. The third-order valence-corrected chi connectivity index (χ3v) is 2.62. The van der Waals surface area contributed by atoms with Crippen LogP contribution < -0.4 is 0 Å². The smallest absolute Gasteiger partial charge is 0.0112 e. The van der Waals surface area contributed by atoms with Crippen LogP contribution in [0.2, 0.25) is 0 Å². The van der Waals surface area contributed by atoms with E-state index >= 15 is 0 Å². The van der Waals surface area contributed by atoms with Gasteiger partial charge in [0.1, 0.15) is 0 Å². The van der Waals surface area contributed by atoms with Gasteiger partial charge in [0, 0.05) is 0 Å². The highest BCUT2D eigenvalue weighted by molar-refractivity contribution is 5.80. The molecule has 0 amide bonds. The lowest BCUT2D eigenvalue weighted by atomic mass is 9.97. The van der Waals surface area contributed by atoms with Gasteiger partial charge in [-0.1, -0.05) is 78.9 Å². The number of hydrogen-bond acceptors (Lipinski definition) is 0. The highest BCUT2D eigenvalue weighted by atomic mass is 14.1. The van der Waals surface area contributed by atoms with Crippen LogP contribution in [-0.4, -0.2) is 0 Å². The van der Waals surface area contributed by atoms with Crippen molar-refractivity contribution in [3.05, 3.63) is 90.0 Å². The molecule has 0 saturated carbocycles. The van der Waals surface area contributed by atoms with Crippen molar-refractivity contribution in [2.45, 2.75) is 6.92 Å². The van der Waals surface area contributed by atoms with Crippen molar-refractivity contribution in [1.29, 1.82) is 0 Å². The molecule has 0 saturated heterocycles. The monoisotopic (exact) mass is 220 g/mol. The number of allylic oxidation sites excluding steroid dienone is 3. The second-order valence-corrected chi connectivity index (χ2v) is 3.84. The van der Waals surface area contributed by atoms with Crippen molar-refractivity contribution in [1.82, 2.24) is 0 Å². The molecule has 0 aromatic heterocycles. The van der Waals surface area contributed by atoms with Crippen LogP contribution in [0.1, 0.15) is 18.1 Å². The molecule has 0 heteroatoms. The average molecular weight is 220 g/mol. The summed E-state index contributed by atoms with van der Waals surface area (Å²) >= 11 is 0. The Labute approximate surface area is 103 Å². The van der Waals surface area contributed by atoms with Gasteiger partial charge in [-0.15, -0.1) is 0 Å². The van der Waals surface area contributed by atoms with Gasteiger partial charge in [-0.3, -0.25) is 0 Å². The summed E-state index contributed by atoms with van der Waals surface area (Å²) in [5, 5.41) is 0. The lowest BCUT2D eigenvalue weighted by Crippen LogP contribution is -1.86. The number of benzene rings is 2. The zero-order chi connectivity index (χ0) is 11.9. The molecule has 2 rings (SSSR count). The third-order valence-electron chi connectivity index (χ3n) is 2.62. The van der Waals surface area contributed by atoms with E-state index < -0.39 is 0 Å². The molecule has 84 valence electrons. The fourth-order valence-corrected chi connectivity index (χ4v) is 1.79. The van der Waals surface area contributed by atoms with Gasteiger partial charge in [0.2, 0.25) is 0 Å². The summed E-state index contributed by atoms with van der Waals surface area (Å²) in [5.74, 6) is 0. The Balaban J connectivity index is 2.47. The van der Waals surface area contributed by atoms with Crippen LogP contribution in [0, 0.1) is 0 Å². The third kappa shape index (κ3) is 2.94. The predicted molar refractivity (Wildman–Crippen MR) is 74.8 cm³/mol. The second kappa shape index (κ2) is 5.86. The first-order chi connectivity index (χ1) is 8.42. The van der Waals surface area contributed by atoms with E-state index in [0.29, 0.717) is 0 Å². The van der Waals surface area contributed by atoms with Crippen LogP contribution in [0.4, 0.5) is 0 Å². The molecule has 0 heterocycles.